The van der Waals surface area contributed by atoms with Gasteiger partial charge < -0.3 is 10.1 Å². The number of benzene rings is 2. The van der Waals surface area contributed by atoms with E-state index < -0.39 is 16.5 Å². The molecule has 0 amide bonds. The topological polar surface area (TPSA) is 154 Å². The van der Waals surface area contributed by atoms with Crippen LogP contribution in [0.25, 0.3) is 11.3 Å². The Bertz CT molecular complexity index is 1380. The van der Waals surface area contributed by atoms with E-state index in [1.807, 2.05) is 0 Å². The second-order valence-corrected chi connectivity index (χ2v) is 6.71. The number of hydrogen-bond donors (Lipinski definition) is 2. The average molecular weight is 418 g/mol. The Balaban J connectivity index is 1.85. The van der Waals surface area contributed by atoms with Crippen LogP contribution in [0.4, 0.5) is 17.3 Å². The summed E-state index contributed by atoms with van der Waals surface area (Å²) in [6.07, 6.45) is 0. The van der Waals surface area contributed by atoms with Crippen molar-refractivity contribution >= 4 is 17.3 Å². The summed E-state index contributed by atoms with van der Waals surface area (Å²) < 4.78 is 6.71. The first-order chi connectivity index (χ1) is 15.1. The molecule has 1 aliphatic rings. The molecule has 0 aliphatic carbocycles. The third kappa shape index (κ3) is 2.88. The first-order valence-electron chi connectivity index (χ1n) is 9.13. The van der Waals surface area contributed by atoms with E-state index in [2.05, 4.69) is 31.0 Å². The van der Waals surface area contributed by atoms with E-state index in [4.69, 9.17) is 4.74 Å². The zero-order valence-corrected chi connectivity index (χ0v) is 16.0. The molecule has 0 fully saturated rings. The van der Waals surface area contributed by atoms with Crippen LogP contribution in [0.5, 0.6) is 5.75 Å². The van der Waals surface area contributed by atoms with Crippen LogP contribution in [-0.2, 0) is 0 Å². The van der Waals surface area contributed by atoms with Crippen LogP contribution in [0.3, 0.4) is 0 Å². The van der Waals surface area contributed by atoms with Gasteiger partial charge in [0.1, 0.15) is 17.5 Å². The van der Waals surface area contributed by atoms with Crippen molar-refractivity contribution in [2.45, 2.75) is 6.04 Å². The fourth-order valence-electron chi connectivity index (χ4n) is 3.70. The number of H-pyrrole nitrogens is 1. The number of nitro groups is 1. The van der Waals surface area contributed by atoms with Crippen LogP contribution in [0, 0.1) is 10.1 Å². The summed E-state index contributed by atoms with van der Waals surface area (Å²) in [6, 6.07) is 12.5. The minimum atomic E-state index is -0.862. The van der Waals surface area contributed by atoms with E-state index in [1.165, 1.54) is 10.7 Å². The smallest absolute Gasteiger partial charge is 0.288 e. The van der Waals surface area contributed by atoms with Crippen molar-refractivity contribution in [1.29, 1.82) is 0 Å². The summed E-state index contributed by atoms with van der Waals surface area (Å²) >= 11 is 0. The lowest BCUT2D eigenvalue weighted by atomic mass is 9.91. The second-order valence-electron chi connectivity index (χ2n) is 6.71. The Morgan fingerprint density at radius 1 is 1.19 bits per heavy atom. The molecule has 0 saturated heterocycles. The summed E-state index contributed by atoms with van der Waals surface area (Å²) in [5.41, 5.74) is 1.32. The summed E-state index contributed by atoms with van der Waals surface area (Å²) in [4.78, 5) is 24.0. The van der Waals surface area contributed by atoms with Crippen LogP contribution in [-0.4, -0.2) is 42.4 Å². The largest absolute Gasteiger partial charge is 0.497 e. The van der Waals surface area contributed by atoms with E-state index in [9.17, 15) is 14.9 Å². The number of tetrazole rings is 1. The van der Waals surface area contributed by atoms with Gasteiger partial charge in [0.15, 0.2) is 0 Å². The molecular formula is C19H14N8O4. The van der Waals surface area contributed by atoms with Crippen molar-refractivity contribution in [2.75, 3.05) is 12.4 Å². The van der Waals surface area contributed by atoms with Crippen molar-refractivity contribution in [1.82, 2.24) is 30.4 Å². The highest BCUT2D eigenvalue weighted by Crippen LogP contribution is 2.43. The lowest BCUT2D eigenvalue weighted by Crippen LogP contribution is -2.29. The molecule has 0 radical (unpaired) electrons. The predicted molar refractivity (Wildman–Crippen MR) is 108 cm³/mol. The monoisotopic (exact) mass is 418 g/mol. The van der Waals surface area contributed by atoms with Gasteiger partial charge in [0.25, 0.3) is 11.2 Å². The number of nitrogens with zero attached hydrogens (tertiary/aromatic N) is 6. The molecule has 0 spiro atoms. The predicted octanol–water partition coefficient (Wildman–Crippen LogP) is 2.03. The maximum absolute atomic E-state index is 12.7. The highest BCUT2D eigenvalue weighted by molar-refractivity contribution is 5.76. The number of ether oxygens (including phenoxy) is 1. The normalized spacial score (nSPS) is 14.3. The number of anilines is 2. The van der Waals surface area contributed by atoms with E-state index in [-0.39, 0.29) is 17.3 Å². The molecule has 1 unspecified atom stereocenters. The molecule has 31 heavy (non-hydrogen) atoms. The number of nitro benzene ring substituents is 1. The van der Waals surface area contributed by atoms with Gasteiger partial charge in [0.2, 0.25) is 5.95 Å². The van der Waals surface area contributed by atoms with E-state index in [0.717, 1.165) is 0 Å². The van der Waals surface area contributed by atoms with Crippen molar-refractivity contribution in [3.05, 3.63) is 80.1 Å². The van der Waals surface area contributed by atoms with Gasteiger partial charge in [-0.2, -0.15) is 9.78 Å². The van der Waals surface area contributed by atoms with Crippen molar-refractivity contribution in [3.63, 3.8) is 0 Å². The van der Waals surface area contributed by atoms with Crippen LogP contribution in [0.2, 0.25) is 0 Å². The molecule has 154 valence electrons. The number of methoxy groups -OCH3 is 1. The van der Waals surface area contributed by atoms with Gasteiger partial charge in [0, 0.05) is 17.2 Å². The average Bonchev–Trinajstić information content (AvgIpc) is 3.26. The van der Waals surface area contributed by atoms with Crippen molar-refractivity contribution < 1.29 is 9.66 Å². The Morgan fingerprint density at radius 3 is 2.84 bits per heavy atom. The summed E-state index contributed by atoms with van der Waals surface area (Å²) in [5.74, 6) is 0.775. The second kappa shape index (κ2) is 7.02. The lowest BCUT2D eigenvalue weighted by Gasteiger charge is -2.27. The summed E-state index contributed by atoms with van der Waals surface area (Å²) in [7, 11) is 1.54. The first-order valence-corrected chi connectivity index (χ1v) is 9.13. The van der Waals surface area contributed by atoms with Gasteiger partial charge >= 0.3 is 0 Å². The molecule has 0 bridgehead atoms. The van der Waals surface area contributed by atoms with Crippen LogP contribution in [0.15, 0.2) is 53.3 Å². The highest BCUT2D eigenvalue weighted by atomic mass is 16.6. The molecule has 2 aromatic carbocycles. The van der Waals surface area contributed by atoms with Crippen LogP contribution < -0.4 is 15.6 Å². The Morgan fingerprint density at radius 2 is 2.03 bits per heavy atom. The fourth-order valence-corrected chi connectivity index (χ4v) is 3.70. The van der Waals surface area contributed by atoms with Crippen LogP contribution in [0.1, 0.15) is 17.2 Å². The quantitative estimate of drug-likeness (QED) is 0.329. The van der Waals surface area contributed by atoms with E-state index in [1.54, 1.807) is 49.6 Å². The summed E-state index contributed by atoms with van der Waals surface area (Å²) in [5, 5.41) is 33.0. The Hall–Kier alpha value is -4.61. The molecule has 12 nitrogen and oxygen atoms in total. The molecule has 2 N–H and O–H groups in total. The van der Waals surface area contributed by atoms with Gasteiger partial charge in [0.05, 0.1) is 23.3 Å². The number of nitrogens with one attached hydrogen (secondary N) is 2. The zero-order chi connectivity index (χ0) is 21.5. The van der Waals surface area contributed by atoms with Gasteiger partial charge in [-0.3, -0.25) is 14.9 Å². The number of aromatic nitrogens is 6. The van der Waals surface area contributed by atoms with Crippen LogP contribution >= 0.6 is 0 Å². The minimum absolute atomic E-state index is 0.126. The number of rotatable bonds is 4. The molecule has 1 aliphatic heterocycles. The van der Waals surface area contributed by atoms with E-state index >= 15 is 0 Å². The van der Waals surface area contributed by atoms with Gasteiger partial charge in [-0.05, 0) is 28.6 Å². The zero-order valence-electron chi connectivity index (χ0n) is 16.0. The molecule has 0 saturated carbocycles. The third-order valence-corrected chi connectivity index (χ3v) is 5.04. The summed E-state index contributed by atoms with van der Waals surface area (Å²) in [6.45, 7) is 0. The SMILES string of the molecule is COc1cccc(-c2n[nH]c(=O)c3c2C(c2ccccc2[N+](=O)[O-])n2nnnc2N3)c1. The van der Waals surface area contributed by atoms with Crippen molar-refractivity contribution in [3.8, 4) is 17.0 Å². The number of para-hydroxylation sites is 1. The molecule has 2 aromatic heterocycles. The third-order valence-electron chi connectivity index (χ3n) is 5.04. The molecular weight excluding hydrogens is 404 g/mol. The standard InChI is InChI=1S/C19H14N8O4/c1-31-11-6-4-5-10(9-11)15-14-16(18(28)22-21-15)20-19-23-24-25-26(19)17(14)12-7-2-3-8-13(12)27(29)30/h2-9,17H,1H3,(H,22,28)(H,20,23,25). The molecule has 12 heteroatoms. The number of hydrogen-bond acceptors (Lipinski definition) is 9. The lowest BCUT2D eigenvalue weighted by molar-refractivity contribution is -0.385. The maximum atomic E-state index is 12.7. The van der Waals surface area contributed by atoms with Gasteiger partial charge in [-0.25, -0.2) is 5.10 Å². The highest BCUT2D eigenvalue weighted by Gasteiger charge is 2.37. The molecule has 1 atom stereocenters. The Labute approximate surface area is 173 Å². The number of aromatic amines is 1. The van der Waals surface area contributed by atoms with E-state index in [0.29, 0.717) is 28.1 Å². The number of fused-ring (bicyclic) bond motifs is 2. The Kier molecular flexibility index (Phi) is 4.17. The molecule has 3 heterocycles. The maximum Gasteiger partial charge on any atom is 0.288 e. The van der Waals surface area contributed by atoms with Crippen molar-refractivity contribution in [2.24, 2.45) is 0 Å². The van der Waals surface area contributed by atoms with Gasteiger partial charge in [-0.1, -0.05) is 29.4 Å². The minimum Gasteiger partial charge on any atom is -0.497 e. The van der Waals surface area contributed by atoms with Gasteiger partial charge in [-0.15, -0.1) is 0 Å². The fraction of sp³-hybridized carbons (Fsp3) is 0.105. The molecule has 5 rings (SSSR count). The molecule has 4 aromatic rings. The first kappa shape index (κ1) is 18.4.